The number of ether oxygens (including phenoxy) is 1. The summed E-state index contributed by atoms with van der Waals surface area (Å²) < 4.78 is 32.4. The number of rotatable bonds is 6. The van der Waals surface area contributed by atoms with Gasteiger partial charge < -0.3 is 15.0 Å². The molecule has 33 heavy (non-hydrogen) atoms. The van der Waals surface area contributed by atoms with E-state index in [0.29, 0.717) is 17.7 Å². The van der Waals surface area contributed by atoms with Crippen LogP contribution in [0.25, 0.3) is 11.1 Å². The minimum Gasteiger partial charge on any atom is -0.464 e. The van der Waals surface area contributed by atoms with Crippen molar-refractivity contribution in [2.45, 2.75) is 33.3 Å². The Morgan fingerprint density at radius 1 is 1.03 bits per heavy atom. The Labute approximate surface area is 191 Å². The number of nitrogens with one attached hydrogen (secondary N) is 1. The first-order valence-electron chi connectivity index (χ1n) is 10.6. The van der Waals surface area contributed by atoms with E-state index in [-0.39, 0.29) is 24.1 Å². The van der Waals surface area contributed by atoms with Crippen LogP contribution >= 0.6 is 0 Å². The minimum atomic E-state index is -0.597. The van der Waals surface area contributed by atoms with Gasteiger partial charge in [-0.1, -0.05) is 18.2 Å². The van der Waals surface area contributed by atoms with Crippen molar-refractivity contribution < 1.29 is 18.3 Å². The van der Waals surface area contributed by atoms with Crippen molar-refractivity contribution in [2.75, 3.05) is 0 Å². The number of nitrogens with zero attached hydrogens (tertiary/aromatic N) is 1. The van der Waals surface area contributed by atoms with Crippen LogP contribution in [-0.2, 0) is 17.8 Å². The molecular weight excluding hydrogens is 424 g/mol. The molecule has 5 nitrogen and oxygen atoms in total. The van der Waals surface area contributed by atoms with E-state index < -0.39 is 6.35 Å². The van der Waals surface area contributed by atoms with Gasteiger partial charge in [0.15, 0.2) is 0 Å². The molecule has 1 amide bonds. The Balaban J connectivity index is 1.63. The molecule has 0 bridgehead atoms. The maximum atomic E-state index is 13.6. The molecular formula is C26H25F2N3O2. The summed E-state index contributed by atoms with van der Waals surface area (Å²) in [7, 11) is 0. The highest BCUT2D eigenvalue weighted by molar-refractivity contribution is 5.95. The Kier molecular flexibility index (Phi) is 6.42. The molecule has 0 radical (unpaired) electrons. The first-order chi connectivity index (χ1) is 15.8. The zero-order valence-electron chi connectivity index (χ0n) is 18.4. The number of halogens is 2. The average molecular weight is 450 g/mol. The van der Waals surface area contributed by atoms with Gasteiger partial charge in [-0.05, 0) is 83.6 Å². The van der Waals surface area contributed by atoms with Crippen LogP contribution in [0.1, 0.15) is 32.6 Å². The van der Waals surface area contributed by atoms with E-state index in [1.807, 2.05) is 13.0 Å². The summed E-state index contributed by atoms with van der Waals surface area (Å²) in [6.07, 6.45) is 2.67. The first-order valence-corrected chi connectivity index (χ1v) is 10.6. The quantitative estimate of drug-likeness (QED) is 0.571. The molecule has 0 aliphatic carbocycles. The topological polar surface area (TPSA) is 67.6 Å². The second kappa shape index (κ2) is 9.42. The fourth-order valence-electron chi connectivity index (χ4n) is 3.83. The highest BCUT2D eigenvalue weighted by Gasteiger charge is 2.18. The molecule has 0 spiro atoms. The average Bonchev–Trinajstić information content (AvgIpc) is 3.18. The monoisotopic (exact) mass is 449 g/mol. The molecule has 0 saturated carbocycles. The summed E-state index contributed by atoms with van der Waals surface area (Å²) in [6, 6.07) is 14.9. The van der Waals surface area contributed by atoms with Crippen molar-refractivity contribution in [2.24, 2.45) is 5.73 Å². The van der Waals surface area contributed by atoms with Crippen LogP contribution in [0.4, 0.5) is 8.78 Å². The van der Waals surface area contributed by atoms with E-state index in [0.717, 1.165) is 27.8 Å². The Hall–Kier alpha value is -3.71. The fraction of sp³-hybridized carbons (Fsp3) is 0.192. The molecule has 4 rings (SSSR count). The molecule has 1 heterocycles. The lowest BCUT2D eigenvalue weighted by atomic mass is 9.96. The summed E-state index contributed by atoms with van der Waals surface area (Å²) in [5, 5.41) is 2.90. The minimum absolute atomic E-state index is 0.266. The third-order valence-electron chi connectivity index (χ3n) is 5.59. The maximum Gasteiger partial charge on any atom is 0.251 e. The van der Waals surface area contributed by atoms with Gasteiger partial charge >= 0.3 is 0 Å². The predicted molar refractivity (Wildman–Crippen MR) is 123 cm³/mol. The van der Waals surface area contributed by atoms with Crippen LogP contribution in [0.3, 0.4) is 0 Å². The normalized spacial score (nSPS) is 14.9. The number of amides is 1. The Bertz CT molecular complexity index is 1230. The smallest absolute Gasteiger partial charge is 0.251 e. The number of hydrogen-bond acceptors (Lipinski definition) is 4. The number of hydrogen-bond donors (Lipinski definition) is 2. The van der Waals surface area contributed by atoms with Crippen molar-refractivity contribution in [3.63, 3.8) is 0 Å². The van der Waals surface area contributed by atoms with Crippen molar-refractivity contribution in [3.05, 3.63) is 107 Å². The van der Waals surface area contributed by atoms with Gasteiger partial charge in [-0.2, -0.15) is 0 Å². The first kappa shape index (κ1) is 22.5. The molecule has 1 atom stereocenters. The van der Waals surface area contributed by atoms with Crippen molar-refractivity contribution in [1.82, 2.24) is 10.2 Å². The number of carbonyl (C=O) groups excluding carboxylic acids is 1. The summed E-state index contributed by atoms with van der Waals surface area (Å²) >= 11 is 0. The zero-order valence-corrected chi connectivity index (χ0v) is 18.4. The van der Waals surface area contributed by atoms with Crippen LogP contribution < -0.4 is 11.1 Å². The largest absolute Gasteiger partial charge is 0.464 e. The third-order valence-corrected chi connectivity index (χ3v) is 5.59. The summed E-state index contributed by atoms with van der Waals surface area (Å²) in [5.41, 5.74) is 11.0. The van der Waals surface area contributed by atoms with E-state index >= 15 is 0 Å². The molecule has 1 aliphatic heterocycles. The second-order valence-electron chi connectivity index (χ2n) is 8.13. The van der Waals surface area contributed by atoms with E-state index in [1.165, 1.54) is 24.5 Å². The molecule has 3 aromatic rings. The lowest BCUT2D eigenvalue weighted by Gasteiger charge is -2.21. The van der Waals surface area contributed by atoms with Gasteiger partial charge in [-0.3, -0.25) is 10.5 Å². The standard InChI is InChI=1S/C26H25F2N3O2/c1-16-10-22(27)4-5-23(16)20-11-19(15-31-7-8-33-26(31)29)12-21(13-20)25(32)30-14-18-3-6-24(28)17(2)9-18/h3-13,26H,14-15,29H2,1-2H3,(H,30,32). The molecule has 1 aliphatic rings. The number of carbonyl (C=O) groups is 1. The molecule has 3 aromatic carbocycles. The second-order valence-corrected chi connectivity index (χ2v) is 8.13. The number of aryl methyl sites for hydroxylation is 2. The van der Waals surface area contributed by atoms with Crippen LogP contribution in [0, 0.1) is 25.5 Å². The lowest BCUT2D eigenvalue weighted by Crippen LogP contribution is -2.35. The summed E-state index contributed by atoms with van der Waals surface area (Å²) in [4.78, 5) is 14.8. The highest BCUT2D eigenvalue weighted by Crippen LogP contribution is 2.28. The molecule has 0 saturated heterocycles. The molecule has 7 heteroatoms. The van der Waals surface area contributed by atoms with E-state index in [4.69, 9.17) is 10.5 Å². The van der Waals surface area contributed by atoms with E-state index in [9.17, 15) is 13.6 Å². The van der Waals surface area contributed by atoms with E-state index in [2.05, 4.69) is 5.32 Å². The van der Waals surface area contributed by atoms with E-state index in [1.54, 1.807) is 48.4 Å². The van der Waals surface area contributed by atoms with Crippen LogP contribution in [0.15, 0.2) is 67.1 Å². The zero-order chi connectivity index (χ0) is 23.5. The molecule has 3 N–H and O–H groups in total. The van der Waals surface area contributed by atoms with Gasteiger partial charge in [0.25, 0.3) is 5.91 Å². The molecule has 170 valence electrons. The lowest BCUT2D eigenvalue weighted by molar-refractivity contribution is 0.0591. The summed E-state index contributed by atoms with van der Waals surface area (Å²) in [6.45, 7) is 4.21. The van der Waals surface area contributed by atoms with Crippen LogP contribution in [-0.4, -0.2) is 17.2 Å². The van der Waals surface area contributed by atoms with Gasteiger partial charge in [-0.15, -0.1) is 0 Å². The number of nitrogens with two attached hydrogens (primary N) is 1. The number of benzene rings is 3. The Morgan fingerprint density at radius 3 is 2.55 bits per heavy atom. The van der Waals surface area contributed by atoms with Crippen molar-refractivity contribution in [3.8, 4) is 11.1 Å². The molecule has 1 unspecified atom stereocenters. The highest BCUT2D eigenvalue weighted by atomic mass is 19.1. The molecule has 0 aromatic heterocycles. The maximum absolute atomic E-state index is 13.6. The fourth-order valence-corrected chi connectivity index (χ4v) is 3.83. The van der Waals surface area contributed by atoms with Crippen molar-refractivity contribution >= 4 is 5.91 Å². The van der Waals surface area contributed by atoms with Crippen LogP contribution in [0.5, 0.6) is 0 Å². The predicted octanol–water partition coefficient (Wildman–Crippen LogP) is 4.72. The van der Waals surface area contributed by atoms with Gasteiger partial charge in [0.05, 0.1) is 0 Å². The molecule has 0 fully saturated rings. The third kappa shape index (κ3) is 5.21. The van der Waals surface area contributed by atoms with Gasteiger partial charge in [-0.25, -0.2) is 8.78 Å². The Morgan fingerprint density at radius 2 is 1.85 bits per heavy atom. The van der Waals surface area contributed by atoms with Gasteiger partial charge in [0.2, 0.25) is 6.35 Å². The van der Waals surface area contributed by atoms with Gasteiger partial charge in [0.1, 0.15) is 17.9 Å². The van der Waals surface area contributed by atoms with Crippen LogP contribution in [0.2, 0.25) is 0 Å². The SMILES string of the molecule is Cc1cc(CNC(=O)c2cc(CN3C=COC3N)cc(-c3ccc(F)cc3C)c2)ccc1F. The summed E-state index contributed by atoms with van der Waals surface area (Å²) in [5.74, 6) is -0.863. The van der Waals surface area contributed by atoms with Gasteiger partial charge in [0, 0.05) is 24.9 Å². The van der Waals surface area contributed by atoms with Crippen molar-refractivity contribution in [1.29, 1.82) is 0 Å².